The van der Waals surface area contributed by atoms with E-state index in [1.54, 1.807) is 6.07 Å². The lowest BCUT2D eigenvalue weighted by Gasteiger charge is -2.11. The summed E-state index contributed by atoms with van der Waals surface area (Å²) >= 11 is 0. The van der Waals surface area contributed by atoms with Crippen LogP contribution in [0, 0.1) is 0 Å². The molecule has 0 bridgehead atoms. The standard InChI is InChI=1S/C17H21NO4/c19-16(18-10-15-5-2-8-21-15)11-22-17(20)14-7-6-12-3-1-4-13(12)9-14/h6-7,9,15H,1-5,8,10-11H2,(H,18,19)/t15-/m1/s1. The molecule has 0 saturated carbocycles. The lowest BCUT2D eigenvalue weighted by molar-refractivity contribution is -0.124. The minimum atomic E-state index is -0.443. The topological polar surface area (TPSA) is 64.6 Å². The molecule has 5 heteroatoms. The minimum Gasteiger partial charge on any atom is -0.452 e. The molecule has 1 saturated heterocycles. The first-order valence-electron chi connectivity index (χ1n) is 7.89. The number of esters is 1. The van der Waals surface area contributed by atoms with E-state index >= 15 is 0 Å². The van der Waals surface area contributed by atoms with E-state index in [0.29, 0.717) is 12.1 Å². The maximum atomic E-state index is 12.0. The largest absolute Gasteiger partial charge is 0.452 e. The molecule has 1 heterocycles. The zero-order valence-corrected chi connectivity index (χ0v) is 12.6. The molecule has 1 fully saturated rings. The highest BCUT2D eigenvalue weighted by Gasteiger charge is 2.18. The molecule has 0 radical (unpaired) electrons. The van der Waals surface area contributed by atoms with Gasteiger partial charge in [0.05, 0.1) is 11.7 Å². The minimum absolute atomic E-state index is 0.0939. The number of benzene rings is 1. The summed E-state index contributed by atoms with van der Waals surface area (Å²) in [7, 11) is 0. The molecule has 1 N–H and O–H groups in total. The predicted molar refractivity (Wildman–Crippen MR) is 80.7 cm³/mol. The maximum Gasteiger partial charge on any atom is 0.338 e. The van der Waals surface area contributed by atoms with Gasteiger partial charge in [-0.2, -0.15) is 0 Å². The van der Waals surface area contributed by atoms with Crippen molar-refractivity contribution in [3.63, 3.8) is 0 Å². The quantitative estimate of drug-likeness (QED) is 0.840. The number of rotatable bonds is 5. The Kier molecular flexibility index (Phi) is 4.73. The van der Waals surface area contributed by atoms with E-state index in [1.807, 2.05) is 12.1 Å². The normalized spacial score (nSPS) is 19.7. The number of hydrogen-bond donors (Lipinski definition) is 1. The van der Waals surface area contributed by atoms with Crippen LogP contribution in [-0.4, -0.2) is 37.7 Å². The van der Waals surface area contributed by atoms with Gasteiger partial charge >= 0.3 is 5.97 Å². The second-order valence-corrected chi connectivity index (χ2v) is 5.85. The first-order valence-corrected chi connectivity index (χ1v) is 7.89. The fraction of sp³-hybridized carbons (Fsp3) is 0.529. The Morgan fingerprint density at radius 2 is 2.09 bits per heavy atom. The Bertz CT molecular complexity index is 564. The zero-order valence-electron chi connectivity index (χ0n) is 12.6. The predicted octanol–water partition coefficient (Wildman–Crippen LogP) is 1.63. The highest BCUT2D eigenvalue weighted by atomic mass is 16.5. The van der Waals surface area contributed by atoms with Crippen molar-refractivity contribution in [3.05, 3.63) is 34.9 Å². The molecule has 0 aromatic heterocycles. The Morgan fingerprint density at radius 3 is 2.91 bits per heavy atom. The highest BCUT2D eigenvalue weighted by Crippen LogP contribution is 2.23. The Hall–Kier alpha value is -1.88. The smallest absolute Gasteiger partial charge is 0.338 e. The fourth-order valence-corrected chi connectivity index (χ4v) is 3.00. The number of amides is 1. The number of ether oxygens (including phenoxy) is 2. The van der Waals surface area contributed by atoms with Crippen LogP contribution in [0.25, 0.3) is 0 Å². The van der Waals surface area contributed by atoms with Gasteiger partial charge < -0.3 is 14.8 Å². The molecule has 1 aliphatic carbocycles. The van der Waals surface area contributed by atoms with Crippen LogP contribution in [0.3, 0.4) is 0 Å². The highest BCUT2D eigenvalue weighted by molar-refractivity contribution is 5.91. The van der Waals surface area contributed by atoms with Gasteiger partial charge in [-0.25, -0.2) is 4.79 Å². The van der Waals surface area contributed by atoms with Crippen LogP contribution in [-0.2, 0) is 27.1 Å². The molecule has 1 aromatic rings. The van der Waals surface area contributed by atoms with Gasteiger partial charge in [0.25, 0.3) is 5.91 Å². The third-order valence-electron chi connectivity index (χ3n) is 4.22. The van der Waals surface area contributed by atoms with Gasteiger partial charge in [0.15, 0.2) is 6.61 Å². The Morgan fingerprint density at radius 1 is 1.23 bits per heavy atom. The summed E-state index contributed by atoms with van der Waals surface area (Å²) in [5.41, 5.74) is 3.05. The molecule has 1 aliphatic heterocycles. The number of hydrogen-bond acceptors (Lipinski definition) is 4. The molecule has 2 aliphatic rings. The third-order valence-corrected chi connectivity index (χ3v) is 4.22. The van der Waals surface area contributed by atoms with Crippen molar-refractivity contribution in [2.45, 2.75) is 38.2 Å². The lowest BCUT2D eigenvalue weighted by atomic mass is 10.1. The SMILES string of the molecule is O=C(COC(=O)c1ccc2c(c1)CCC2)NC[C@H]1CCCO1. The van der Waals surface area contributed by atoms with E-state index in [2.05, 4.69) is 5.32 Å². The number of carbonyl (C=O) groups is 2. The summed E-state index contributed by atoms with van der Waals surface area (Å²) in [5.74, 6) is -0.730. The average Bonchev–Trinajstić information content (AvgIpc) is 3.20. The van der Waals surface area contributed by atoms with Gasteiger partial charge in [-0.05, 0) is 55.4 Å². The summed E-state index contributed by atoms with van der Waals surface area (Å²) in [5, 5.41) is 2.73. The van der Waals surface area contributed by atoms with Gasteiger partial charge in [0.2, 0.25) is 0 Å². The maximum absolute atomic E-state index is 12.0. The lowest BCUT2D eigenvalue weighted by Crippen LogP contribution is -2.34. The van der Waals surface area contributed by atoms with Crippen molar-refractivity contribution in [1.82, 2.24) is 5.32 Å². The molecule has 1 aromatic carbocycles. The summed E-state index contributed by atoms with van der Waals surface area (Å²) in [4.78, 5) is 23.7. The molecule has 0 unspecified atom stereocenters. The van der Waals surface area contributed by atoms with Gasteiger partial charge in [0, 0.05) is 13.2 Å². The zero-order chi connectivity index (χ0) is 15.4. The molecule has 1 amide bonds. The van der Waals surface area contributed by atoms with E-state index in [4.69, 9.17) is 9.47 Å². The second-order valence-electron chi connectivity index (χ2n) is 5.85. The van der Waals surface area contributed by atoms with Crippen molar-refractivity contribution >= 4 is 11.9 Å². The monoisotopic (exact) mass is 303 g/mol. The van der Waals surface area contributed by atoms with E-state index in [-0.39, 0.29) is 18.6 Å². The Balaban J connectivity index is 1.44. The van der Waals surface area contributed by atoms with Gasteiger partial charge in [-0.3, -0.25) is 4.79 Å². The van der Waals surface area contributed by atoms with Crippen molar-refractivity contribution < 1.29 is 19.1 Å². The van der Waals surface area contributed by atoms with Crippen molar-refractivity contribution in [2.24, 2.45) is 0 Å². The Labute approximate surface area is 130 Å². The van der Waals surface area contributed by atoms with Crippen LogP contribution in [0.4, 0.5) is 0 Å². The molecular formula is C17H21NO4. The van der Waals surface area contributed by atoms with Crippen molar-refractivity contribution in [1.29, 1.82) is 0 Å². The molecule has 5 nitrogen and oxygen atoms in total. The number of aryl methyl sites for hydroxylation is 2. The van der Waals surface area contributed by atoms with Crippen molar-refractivity contribution in [3.8, 4) is 0 Å². The van der Waals surface area contributed by atoms with E-state index in [0.717, 1.165) is 38.7 Å². The van der Waals surface area contributed by atoms with Gasteiger partial charge in [0.1, 0.15) is 0 Å². The second kappa shape index (κ2) is 6.92. The molecule has 22 heavy (non-hydrogen) atoms. The van der Waals surface area contributed by atoms with Crippen LogP contribution in [0.5, 0.6) is 0 Å². The first kappa shape index (κ1) is 15.0. The van der Waals surface area contributed by atoms with Gasteiger partial charge in [-0.15, -0.1) is 0 Å². The van der Waals surface area contributed by atoms with Gasteiger partial charge in [-0.1, -0.05) is 6.07 Å². The molecular weight excluding hydrogens is 282 g/mol. The first-order chi connectivity index (χ1) is 10.7. The molecule has 0 spiro atoms. The third kappa shape index (κ3) is 3.65. The number of fused-ring (bicyclic) bond motifs is 1. The van der Waals surface area contributed by atoms with E-state index < -0.39 is 5.97 Å². The fourth-order valence-electron chi connectivity index (χ4n) is 3.00. The summed E-state index contributed by atoms with van der Waals surface area (Å²) in [6.45, 7) is 0.992. The molecule has 3 rings (SSSR count). The molecule has 118 valence electrons. The van der Waals surface area contributed by atoms with E-state index in [9.17, 15) is 9.59 Å². The summed E-state index contributed by atoms with van der Waals surface area (Å²) in [6, 6.07) is 5.64. The molecule has 1 atom stereocenters. The summed E-state index contributed by atoms with van der Waals surface area (Å²) in [6.07, 6.45) is 5.33. The number of carbonyl (C=O) groups excluding carboxylic acids is 2. The average molecular weight is 303 g/mol. The van der Waals surface area contributed by atoms with Crippen LogP contribution in [0.1, 0.15) is 40.7 Å². The van der Waals surface area contributed by atoms with Crippen LogP contribution < -0.4 is 5.32 Å². The number of nitrogens with one attached hydrogen (secondary N) is 1. The summed E-state index contributed by atoms with van der Waals surface area (Å²) < 4.78 is 10.5. The van der Waals surface area contributed by atoms with Crippen LogP contribution in [0.15, 0.2) is 18.2 Å². The van der Waals surface area contributed by atoms with Crippen LogP contribution in [0.2, 0.25) is 0 Å². The van der Waals surface area contributed by atoms with Crippen molar-refractivity contribution in [2.75, 3.05) is 19.8 Å². The van der Waals surface area contributed by atoms with E-state index in [1.165, 1.54) is 11.1 Å². The van der Waals surface area contributed by atoms with Crippen LogP contribution >= 0.6 is 0 Å².